The molecule has 2 amide bonds. The predicted octanol–water partition coefficient (Wildman–Crippen LogP) is 4.33. The van der Waals surface area contributed by atoms with E-state index >= 15 is 0 Å². The Morgan fingerprint density at radius 2 is 1.61 bits per heavy atom. The summed E-state index contributed by atoms with van der Waals surface area (Å²) in [5.74, 6) is 0.623. The predicted molar refractivity (Wildman–Crippen MR) is 129 cm³/mol. The molecule has 1 spiro atoms. The van der Waals surface area contributed by atoms with Crippen molar-refractivity contribution >= 4 is 21.7 Å². The number of hydrogen-bond donors (Lipinski definition) is 1. The van der Waals surface area contributed by atoms with Gasteiger partial charge >= 0.3 is 6.03 Å². The Kier molecular flexibility index (Phi) is 6.42. The van der Waals surface area contributed by atoms with Gasteiger partial charge < -0.3 is 15.0 Å². The standard InChI is InChI=1S/C25H33N3O4S/c1-18-15-19(2)23(20(3)16-18)33(30,31)28-14-11-25(17-28)9-12-27(13-10-25)24(29)26-21-7-5-6-8-22(21)32-4/h5-8,15-16H,9-14,17H2,1-4H3,(H,26,29). The second kappa shape index (κ2) is 8.99. The number of likely N-dealkylation sites (tertiary alicyclic amines) is 1. The highest BCUT2D eigenvalue weighted by molar-refractivity contribution is 7.89. The van der Waals surface area contributed by atoms with E-state index in [9.17, 15) is 13.2 Å². The molecule has 0 atom stereocenters. The minimum atomic E-state index is -3.54. The monoisotopic (exact) mass is 471 g/mol. The number of nitrogens with zero attached hydrogens (tertiary/aromatic N) is 2. The molecule has 1 N–H and O–H groups in total. The number of nitrogens with one attached hydrogen (secondary N) is 1. The topological polar surface area (TPSA) is 79.0 Å². The summed E-state index contributed by atoms with van der Waals surface area (Å²) in [5, 5.41) is 2.94. The summed E-state index contributed by atoms with van der Waals surface area (Å²) in [6, 6.07) is 11.1. The van der Waals surface area contributed by atoms with Gasteiger partial charge in [-0.1, -0.05) is 29.8 Å². The van der Waals surface area contributed by atoms with Crippen molar-refractivity contribution in [2.75, 3.05) is 38.6 Å². The van der Waals surface area contributed by atoms with Gasteiger partial charge in [0.25, 0.3) is 0 Å². The molecular formula is C25H33N3O4S. The molecule has 33 heavy (non-hydrogen) atoms. The Morgan fingerprint density at radius 3 is 2.24 bits per heavy atom. The van der Waals surface area contributed by atoms with Crippen LogP contribution in [0.5, 0.6) is 5.75 Å². The normalized spacial score (nSPS) is 18.5. The summed E-state index contributed by atoms with van der Waals surface area (Å²) in [6.45, 7) is 8.00. The van der Waals surface area contributed by atoms with E-state index in [1.165, 1.54) is 0 Å². The Hall–Kier alpha value is -2.58. The lowest BCUT2D eigenvalue weighted by Gasteiger charge is -2.39. The van der Waals surface area contributed by atoms with Crippen molar-refractivity contribution in [2.24, 2.45) is 5.41 Å². The zero-order valence-corrected chi connectivity index (χ0v) is 20.7. The molecule has 0 unspecified atom stereocenters. The Balaban J connectivity index is 1.41. The number of rotatable bonds is 4. The highest BCUT2D eigenvalue weighted by Crippen LogP contribution is 2.43. The number of methoxy groups -OCH3 is 1. The van der Waals surface area contributed by atoms with E-state index in [1.807, 2.05) is 62.1 Å². The summed E-state index contributed by atoms with van der Waals surface area (Å²) in [4.78, 5) is 15.1. The number of aryl methyl sites for hydroxylation is 3. The number of benzene rings is 2. The van der Waals surface area contributed by atoms with Gasteiger partial charge in [-0.25, -0.2) is 13.2 Å². The molecule has 2 aromatic carbocycles. The third-order valence-electron chi connectivity index (χ3n) is 7.07. The zero-order valence-electron chi connectivity index (χ0n) is 19.8. The average molecular weight is 472 g/mol. The minimum Gasteiger partial charge on any atom is -0.495 e. The summed E-state index contributed by atoms with van der Waals surface area (Å²) >= 11 is 0. The van der Waals surface area contributed by atoms with Crippen LogP contribution >= 0.6 is 0 Å². The van der Waals surface area contributed by atoms with E-state index in [1.54, 1.807) is 11.4 Å². The second-order valence-electron chi connectivity index (χ2n) is 9.43. The molecule has 2 aromatic rings. The van der Waals surface area contributed by atoms with Crippen LogP contribution in [0.3, 0.4) is 0 Å². The van der Waals surface area contributed by atoms with E-state index < -0.39 is 10.0 Å². The fourth-order valence-corrected chi connectivity index (χ4v) is 7.30. The van der Waals surface area contributed by atoms with Crippen LogP contribution in [-0.4, -0.2) is 56.9 Å². The van der Waals surface area contributed by atoms with Crippen molar-refractivity contribution in [2.45, 2.75) is 44.9 Å². The molecule has 2 heterocycles. The van der Waals surface area contributed by atoms with Gasteiger partial charge in [-0.15, -0.1) is 0 Å². The summed E-state index contributed by atoms with van der Waals surface area (Å²) < 4.78 is 34.0. The first-order chi connectivity index (χ1) is 15.6. The fraction of sp³-hybridized carbons (Fsp3) is 0.480. The van der Waals surface area contributed by atoms with Crippen LogP contribution in [0.25, 0.3) is 0 Å². The zero-order chi connectivity index (χ0) is 23.8. The lowest BCUT2D eigenvalue weighted by molar-refractivity contribution is 0.132. The molecule has 0 aromatic heterocycles. The number of hydrogen-bond acceptors (Lipinski definition) is 4. The Labute approximate surface area is 196 Å². The summed E-state index contributed by atoms with van der Waals surface area (Å²) in [7, 11) is -1.97. The average Bonchev–Trinajstić information content (AvgIpc) is 3.18. The third-order valence-corrected chi connectivity index (χ3v) is 9.22. The molecule has 0 radical (unpaired) electrons. The molecule has 2 aliphatic heterocycles. The molecule has 0 aliphatic carbocycles. The first kappa shape index (κ1) is 23.6. The number of para-hydroxylation sites is 2. The van der Waals surface area contributed by atoms with Gasteiger partial charge in [0.15, 0.2) is 0 Å². The minimum absolute atomic E-state index is 0.0687. The highest BCUT2D eigenvalue weighted by Gasteiger charge is 2.45. The number of anilines is 1. The molecule has 0 bridgehead atoms. The van der Waals surface area contributed by atoms with Crippen molar-refractivity contribution in [3.05, 3.63) is 53.1 Å². The molecule has 178 valence electrons. The summed E-state index contributed by atoms with van der Waals surface area (Å²) in [6.07, 6.45) is 2.42. The first-order valence-corrected chi connectivity index (χ1v) is 12.9. The van der Waals surface area contributed by atoms with Crippen LogP contribution in [0.4, 0.5) is 10.5 Å². The number of sulfonamides is 1. The fourth-order valence-electron chi connectivity index (χ4n) is 5.34. The number of ether oxygens (including phenoxy) is 1. The number of amides is 2. The lowest BCUT2D eigenvalue weighted by atomic mass is 9.78. The smallest absolute Gasteiger partial charge is 0.321 e. The summed E-state index contributed by atoms with van der Waals surface area (Å²) in [5.41, 5.74) is 3.25. The van der Waals surface area contributed by atoms with Crippen LogP contribution in [0.2, 0.25) is 0 Å². The van der Waals surface area contributed by atoms with Gasteiger partial charge in [0.1, 0.15) is 5.75 Å². The molecule has 2 aliphatic rings. The van der Waals surface area contributed by atoms with Crippen LogP contribution < -0.4 is 10.1 Å². The van der Waals surface area contributed by atoms with Crippen LogP contribution in [0.15, 0.2) is 41.3 Å². The molecule has 2 fully saturated rings. The maximum absolute atomic E-state index is 13.5. The van der Waals surface area contributed by atoms with E-state index in [0.29, 0.717) is 42.5 Å². The Morgan fingerprint density at radius 1 is 1.00 bits per heavy atom. The van der Waals surface area contributed by atoms with E-state index in [2.05, 4.69) is 5.32 Å². The van der Waals surface area contributed by atoms with Crippen LogP contribution in [0.1, 0.15) is 36.0 Å². The van der Waals surface area contributed by atoms with Gasteiger partial charge in [0.2, 0.25) is 10.0 Å². The molecule has 8 heteroatoms. The van der Waals surface area contributed by atoms with Crippen molar-refractivity contribution in [1.29, 1.82) is 0 Å². The number of piperidine rings is 1. The molecule has 4 rings (SSSR count). The van der Waals surface area contributed by atoms with Gasteiger partial charge in [-0.2, -0.15) is 4.31 Å². The van der Waals surface area contributed by atoms with Crippen LogP contribution in [-0.2, 0) is 10.0 Å². The second-order valence-corrected chi connectivity index (χ2v) is 11.3. The van der Waals surface area contributed by atoms with E-state index in [-0.39, 0.29) is 11.4 Å². The third kappa shape index (κ3) is 4.59. The number of carbonyl (C=O) groups excluding carboxylic acids is 1. The maximum atomic E-state index is 13.5. The van der Waals surface area contributed by atoms with Crippen molar-refractivity contribution < 1.29 is 17.9 Å². The van der Waals surface area contributed by atoms with Crippen molar-refractivity contribution in [3.8, 4) is 5.75 Å². The molecular weight excluding hydrogens is 438 g/mol. The van der Waals surface area contributed by atoms with Crippen molar-refractivity contribution in [1.82, 2.24) is 9.21 Å². The van der Waals surface area contributed by atoms with Crippen LogP contribution in [0, 0.1) is 26.2 Å². The number of urea groups is 1. The SMILES string of the molecule is COc1ccccc1NC(=O)N1CCC2(CC1)CCN(S(=O)(=O)c1c(C)cc(C)cc1C)C2. The van der Waals surface area contributed by atoms with E-state index in [4.69, 9.17) is 4.74 Å². The molecule has 7 nitrogen and oxygen atoms in total. The largest absolute Gasteiger partial charge is 0.495 e. The van der Waals surface area contributed by atoms with Gasteiger partial charge in [-0.3, -0.25) is 0 Å². The Bertz CT molecular complexity index is 1130. The quantitative estimate of drug-likeness (QED) is 0.720. The maximum Gasteiger partial charge on any atom is 0.321 e. The van der Waals surface area contributed by atoms with Gasteiger partial charge in [-0.05, 0) is 68.7 Å². The highest BCUT2D eigenvalue weighted by atomic mass is 32.2. The van der Waals surface area contributed by atoms with Crippen molar-refractivity contribution in [3.63, 3.8) is 0 Å². The first-order valence-electron chi connectivity index (χ1n) is 11.4. The van der Waals surface area contributed by atoms with Gasteiger partial charge in [0, 0.05) is 26.2 Å². The lowest BCUT2D eigenvalue weighted by Crippen LogP contribution is -2.46. The van der Waals surface area contributed by atoms with Gasteiger partial charge in [0.05, 0.1) is 17.7 Å². The molecule has 0 saturated carbocycles. The molecule has 2 saturated heterocycles. The van der Waals surface area contributed by atoms with E-state index in [0.717, 1.165) is 36.0 Å². The number of carbonyl (C=O) groups is 1.